The van der Waals surface area contributed by atoms with E-state index in [1.54, 1.807) is 0 Å². The first-order valence-electron chi connectivity index (χ1n) is 10.2. The Bertz CT molecular complexity index is 981. The molecule has 0 aromatic heterocycles. The summed E-state index contributed by atoms with van der Waals surface area (Å²) in [4.78, 5) is 10.5. The van der Waals surface area contributed by atoms with Gasteiger partial charge in [0.05, 0.1) is 27.2 Å². The van der Waals surface area contributed by atoms with Crippen LogP contribution in [-0.2, 0) is 14.8 Å². The van der Waals surface area contributed by atoms with Crippen LogP contribution in [0.2, 0.25) is 0 Å². The van der Waals surface area contributed by atoms with Crippen LogP contribution in [-0.4, -0.2) is 104 Å². The Morgan fingerprint density at radius 3 is 1.46 bits per heavy atom. The number of rotatable bonds is 15. The van der Waals surface area contributed by atoms with Crippen LogP contribution in [0.3, 0.4) is 0 Å². The molecule has 0 aromatic rings. The van der Waals surface area contributed by atoms with E-state index in [0.29, 0.717) is 6.92 Å². The molecule has 0 fully saturated rings. The second-order valence-corrected chi connectivity index (χ2v) is 10.7. The van der Waals surface area contributed by atoms with Crippen LogP contribution in [0.25, 0.3) is 0 Å². The van der Waals surface area contributed by atoms with Crippen LogP contribution in [0.4, 0.5) is 65.9 Å². The Morgan fingerprint density at radius 1 is 0.718 bits per heavy atom. The van der Waals surface area contributed by atoms with Gasteiger partial charge in [0, 0.05) is 31.9 Å². The van der Waals surface area contributed by atoms with Crippen molar-refractivity contribution >= 4 is 16.0 Å². The highest BCUT2D eigenvalue weighted by Crippen LogP contribution is 2.63. The van der Waals surface area contributed by atoms with Crippen LogP contribution < -0.4 is 5.11 Å². The number of nitrogens with zero attached hydrogens (tertiary/aromatic N) is 2. The first-order valence-corrected chi connectivity index (χ1v) is 11.6. The predicted molar refractivity (Wildman–Crippen MR) is 98.0 cm³/mol. The quantitative estimate of drug-likeness (QED) is 0.204. The van der Waals surface area contributed by atoms with Gasteiger partial charge in [-0.25, -0.2) is 8.42 Å². The van der Waals surface area contributed by atoms with E-state index in [9.17, 15) is 84.2 Å². The molecule has 0 aromatic carbocycles. The van der Waals surface area contributed by atoms with Gasteiger partial charge in [0.25, 0.3) is 10.0 Å². The summed E-state index contributed by atoms with van der Waals surface area (Å²) in [6.07, 6.45) is -8.93. The molecule has 0 heterocycles. The van der Waals surface area contributed by atoms with Crippen molar-refractivity contribution in [3.63, 3.8) is 0 Å². The van der Waals surface area contributed by atoms with Crippen molar-refractivity contribution in [3.8, 4) is 0 Å². The van der Waals surface area contributed by atoms with Crippen molar-refractivity contribution < 1.29 is 88.7 Å². The fourth-order valence-corrected chi connectivity index (χ4v) is 4.39. The lowest BCUT2D eigenvalue weighted by molar-refractivity contribution is -0.890. The van der Waals surface area contributed by atoms with Crippen molar-refractivity contribution in [2.24, 2.45) is 0 Å². The second-order valence-electron chi connectivity index (χ2n) is 8.74. The van der Waals surface area contributed by atoms with E-state index in [1.165, 1.54) is 14.1 Å². The maximum absolute atomic E-state index is 14.3. The Morgan fingerprint density at radius 2 is 1.10 bits per heavy atom. The third kappa shape index (κ3) is 6.30. The van der Waals surface area contributed by atoms with Crippen LogP contribution in [0.15, 0.2) is 0 Å². The molecule has 0 N–H and O–H groups in total. The van der Waals surface area contributed by atoms with Crippen molar-refractivity contribution in [2.45, 2.75) is 60.8 Å². The average molecular weight is 634 g/mol. The molecule has 234 valence electrons. The molecule has 0 bridgehead atoms. The minimum Gasteiger partial charge on any atom is -0.550 e. The van der Waals surface area contributed by atoms with E-state index in [0.717, 1.165) is 0 Å². The molecular weight excluding hydrogens is 613 g/mol. The first-order chi connectivity index (χ1) is 16.8. The smallest absolute Gasteiger partial charge is 0.460 e. The Balaban J connectivity index is 6.40. The summed E-state index contributed by atoms with van der Waals surface area (Å²) in [6, 6.07) is 0. The minimum atomic E-state index is -8.60. The zero-order valence-electron chi connectivity index (χ0n) is 19.8. The monoisotopic (exact) mass is 634 g/mol. The van der Waals surface area contributed by atoms with Gasteiger partial charge in [-0.15, -0.1) is 0 Å². The predicted octanol–water partition coefficient (Wildman–Crippen LogP) is 3.58. The molecule has 0 aliphatic rings. The number of carboxylic acids is 1. The molecule has 0 aliphatic carbocycles. The standard InChI is InChI=1S/C17H21F15N2O4S/c1-4-33(7-5-8-34(2,3)9-6-10(35)36)39(37,38)17(31,32)15(26,27)13(22,23)11(18,19)12(20,21)14(24,25)16(28,29)30/h4-9H2,1-3H3. The highest BCUT2D eigenvalue weighted by Gasteiger charge is 2.94. The van der Waals surface area contributed by atoms with Crippen molar-refractivity contribution in [2.75, 3.05) is 40.3 Å². The number of halogens is 15. The molecule has 0 saturated carbocycles. The number of hydrogen-bond donors (Lipinski definition) is 0. The second kappa shape index (κ2) is 10.9. The van der Waals surface area contributed by atoms with Gasteiger partial charge in [0.2, 0.25) is 0 Å². The lowest BCUT2D eigenvalue weighted by Gasteiger charge is -2.41. The summed E-state index contributed by atoms with van der Waals surface area (Å²) in [5, 5.41) is 3.04. The number of alkyl halides is 15. The highest BCUT2D eigenvalue weighted by molar-refractivity contribution is 7.90. The Hall–Kier alpha value is -1.71. The van der Waals surface area contributed by atoms with E-state index >= 15 is 0 Å². The summed E-state index contributed by atoms with van der Waals surface area (Å²) in [7, 11) is -4.60. The zero-order valence-corrected chi connectivity index (χ0v) is 20.7. The molecule has 0 radical (unpaired) electrons. The number of sulfonamides is 1. The van der Waals surface area contributed by atoms with Gasteiger partial charge >= 0.3 is 41.0 Å². The molecule has 0 atom stereocenters. The number of carbonyl (C=O) groups excluding carboxylic acids is 1. The molecule has 0 aliphatic heterocycles. The third-order valence-corrected chi connectivity index (χ3v) is 7.43. The zero-order chi connectivity index (χ0) is 31.9. The normalized spacial score (nSPS) is 15.7. The Labute approximate surface area is 211 Å². The number of aliphatic carboxylic acids is 1. The summed E-state index contributed by atoms with van der Waals surface area (Å²) in [5.41, 5.74) is 0. The number of hydrogen-bond acceptors (Lipinski definition) is 4. The van der Waals surface area contributed by atoms with Crippen molar-refractivity contribution in [1.29, 1.82) is 0 Å². The van der Waals surface area contributed by atoms with Crippen LogP contribution in [0.5, 0.6) is 0 Å². The fourth-order valence-electron chi connectivity index (χ4n) is 2.91. The van der Waals surface area contributed by atoms with Gasteiger partial charge in [0.15, 0.2) is 0 Å². The summed E-state index contributed by atoms with van der Waals surface area (Å²) in [6.45, 7) is -2.36. The molecule has 0 saturated heterocycles. The number of carboxylic acid groups (broad SMARTS) is 1. The first kappa shape index (κ1) is 37.3. The maximum atomic E-state index is 14.3. The van der Waals surface area contributed by atoms with Crippen LogP contribution in [0.1, 0.15) is 19.8 Å². The van der Waals surface area contributed by atoms with Gasteiger partial charge < -0.3 is 14.4 Å². The average Bonchev–Trinajstić information content (AvgIpc) is 2.73. The van der Waals surface area contributed by atoms with Gasteiger partial charge in [-0.1, -0.05) is 6.92 Å². The number of quaternary nitrogens is 1. The van der Waals surface area contributed by atoms with Crippen molar-refractivity contribution in [3.05, 3.63) is 0 Å². The lowest BCUT2D eigenvalue weighted by Crippen LogP contribution is -2.73. The molecule has 0 amide bonds. The summed E-state index contributed by atoms with van der Waals surface area (Å²) >= 11 is 0. The fraction of sp³-hybridized carbons (Fsp3) is 0.941. The molecule has 0 spiro atoms. The van der Waals surface area contributed by atoms with Gasteiger partial charge in [-0.3, -0.25) is 0 Å². The van der Waals surface area contributed by atoms with Gasteiger partial charge in [-0.2, -0.15) is 70.2 Å². The summed E-state index contributed by atoms with van der Waals surface area (Å²) < 4.78 is 224. The van der Waals surface area contributed by atoms with E-state index in [2.05, 4.69) is 0 Å². The highest BCUT2D eigenvalue weighted by atomic mass is 32.2. The lowest BCUT2D eigenvalue weighted by atomic mass is 9.94. The van der Waals surface area contributed by atoms with Crippen LogP contribution >= 0.6 is 0 Å². The van der Waals surface area contributed by atoms with Crippen molar-refractivity contribution in [1.82, 2.24) is 4.31 Å². The van der Waals surface area contributed by atoms with E-state index in [-0.39, 0.29) is 17.6 Å². The van der Waals surface area contributed by atoms with Gasteiger partial charge in [0.1, 0.15) is 0 Å². The topological polar surface area (TPSA) is 77.5 Å². The molecule has 22 heteroatoms. The number of carbonyl (C=O) groups is 1. The van der Waals surface area contributed by atoms with Gasteiger partial charge in [-0.05, 0) is 0 Å². The molecule has 0 unspecified atom stereocenters. The third-order valence-electron chi connectivity index (χ3n) is 5.41. The molecule has 6 nitrogen and oxygen atoms in total. The minimum absolute atomic E-state index is 0.201. The van der Waals surface area contributed by atoms with E-state index in [1.807, 2.05) is 0 Å². The molecule has 0 rings (SSSR count). The van der Waals surface area contributed by atoms with E-state index < -0.39 is 87.3 Å². The van der Waals surface area contributed by atoms with Crippen LogP contribution in [0, 0.1) is 0 Å². The largest absolute Gasteiger partial charge is 0.550 e. The molecular formula is C17H21F15N2O4S. The SMILES string of the molecule is CCN(CCC[N+](C)(C)CCC(=O)[O-])S(=O)(=O)C(F)(F)C(F)(F)C(F)(F)C(F)(F)C(F)(F)C(F)(F)C(F)(F)F. The van der Waals surface area contributed by atoms with E-state index in [4.69, 9.17) is 0 Å². The summed E-state index contributed by atoms with van der Waals surface area (Å²) in [5.74, 6) is -43.5. The maximum Gasteiger partial charge on any atom is 0.460 e. The Kier molecular flexibility index (Phi) is 10.5. The molecule has 39 heavy (non-hydrogen) atoms.